The highest BCUT2D eigenvalue weighted by Gasteiger charge is 2.79. The molecule has 0 aliphatic carbocycles. The number of ether oxygens (including phenoxy) is 1. The molecule has 3 heterocycles. The summed E-state index contributed by atoms with van der Waals surface area (Å²) in [5, 5.41) is 10.7. The Morgan fingerprint density at radius 3 is 2.33 bits per heavy atom. The quantitative estimate of drug-likeness (QED) is 0.315. The number of likely N-dealkylation sites (tertiary alicyclic amines) is 1. The molecule has 3 saturated heterocycles. The minimum absolute atomic E-state index is 0.0599. The van der Waals surface area contributed by atoms with Crippen LogP contribution < -0.4 is 0 Å². The average molecular weight is 580 g/mol. The third-order valence-corrected chi connectivity index (χ3v) is 10.00. The number of rotatable bonds is 15. The molecule has 3 aliphatic heterocycles. The fourth-order valence-electron chi connectivity index (χ4n) is 7.76. The molecule has 3 aliphatic rings. The van der Waals surface area contributed by atoms with Crippen molar-refractivity contribution in [3.63, 3.8) is 0 Å². The maximum atomic E-state index is 14.8. The first kappa shape index (κ1) is 32.0. The van der Waals surface area contributed by atoms with E-state index < -0.39 is 35.1 Å². The van der Waals surface area contributed by atoms with E-state index in [-0.39, 0.29) is 30.2 Å². The summed E-state index contributed by atoms with van der Waals surface area (Å²) in [5.74, 6) is -2.15. The van der Waals surface area contributed by atoms with E-state index in [9.17, 15) is 19.5 Å². The molecule has 2 unspecified atom stereocenters. The molecule has 1 spiro atoms. The van der Waals surface area contributed by atoms with Crippen molar-refractivity contribution in [3.8, 4) is 0 Å². The second-order valence-electron chi connectivity index (χ2n) is 12.3. The standard InChI is InChI=1S/C34H49N3O5/c1-7-19-35(20-8-2)30(39)27-28-31(40)37(26(23-38)24(6)10-4)29(34(28)18-17-33(27,11-5)42-34)32(41)36(21-9-3)22-25-15-13-12-14-16-25/h7,9,12-16,24,26-29,38H,1,3,8,10-11,17-23H2,2,4-6H3/t24-,26-,27+,28-,29?,33-,34?/m0/s1. The van der Waals surface area contributed by atoms with E-state index in [1.807, 2.05) is 58.0 Å². The summed E-state index contributed by atoms with van der Waals surface area (Å²) in [7, 11) is 0. The lowest BCUT2D eigenvalue weighted by Crippen LogP contribution is -2.59. The SMILES string of the molecule is C=CCN(Cc1ccccc1)C(=O)C1N([C@@H](CO)[C@@H](C)CC)C(=O)[C@@H]2[C@H](C(=O)N(CC=C)CCC)[C@]3(CC)CCC12O3. The molecule has 7 atom stereocenters. The normalized spacial score (nSPS) is 29.2. The Balaban J connectivity index is 1.85. The number of aliphatic hydroxyl groups excluding tert-OH is 1. The van der Waals surface area contributed by atoms with E-state index in [4.69, 9.17) is 4.74 Å². The van der Waals surface area contributed by atoms with Gasteiger partial charge in [0.1, 0.15) is 11.6 Å². The molecular weight excluding hydrogens is 530 g/mol. The smallest absolute Gasteiger partial charge is 0.249 e. The van der Waals surface area contributed by atoms with Gasteiger partial charge in [0.05, 0.1) is 30.1 Å². The van der Waals surface area contributed by atoms with Crippen LogP contribution in [0.5, 0.6) is 0 Å². The molecule has 42 heavy (non-hydrogen) atoms. The van der Waals surface area contributed by atoms with Gasteiger partial charge in [-0.15, -0.1) is 13.2 Å². The van der Waals surface area contributed by atoms with Crippen LogP contribution in [0.15, 0.2) is 55.6 Å². The number of fused-ring (bicyclic) bond motifs is 1. The minimum atomic E-state index is -1.15. The highest BCUT2D eigenvalue weighted by molar-refractivity contribution is 5.99. The highest BCUT2D eigenvalue weighted by Crippen LogP contribution is 2.65. The lowest BCUT2D eigenvalue weighted by atomic mass is 9.64. The zero-order valence-electron chi connectivity index (χ0n) is 25.8. The molecular formula is C34H49N3O5. The Hall–Kier alpha value is -2.97. The summed E-state index contributed by atoms with van der Waals surface area (Å²) >= 11 is 0. The Bertz CT molecular complexity index is 1160. The van der Waals surface area contributed by atoms with Crippen molar-refractivity contribution >= 4 is 17.7 Å². The van der Waals surface area contributed by atoms with Crippen molar-refractivity contribution in [2.45, 2.75) is 89.6 Å². The van der Waals surface area contributed by atoms with Gasteiger partial charge in [-0.05, 0) is 37.2 Å². The van der Waals surface area contributed by atoms with E-state index in [0.717, 1.165) is 18.4 Å². The maximum Gasteiger partial charge on any atom is 0.249 e. The van der Waals surface area contributed by atoms with Crippen LogP contribution in [0.1, 0.15) is 65.4 Å². The van der Waals surface area contributed by atoms with Crippen LogP contribution in [-0.2, 0) is 25.7 Å². The number of carbonyl (C=O) groups is 3. The van der Waals surface area contributed by atoms with Gasteiger partial charge in [-0.1, -0.05) is 76.6 Å². The minimum Gasteiger partial charge on any atom is -0.394 e. The van der Waals surface area contributed by atoms with Crippen molar-refractivity contribution in [2.75, 3.05) is 26.2 Å². The molecule has 1 N–H and O–H groups in total. The maximum absolute atomic E-state index is 14.8. The van der Waals surface area contributed by atoms with Crippen molar-refractivity contribution in [1.29, 1.82) is 0 Å². The van der Waals surface area contributed by atoms with Crippen molar-refractivity contribution < 1.29 is 24.2 Å². The molecule has 4 rings (SSSR count). The lowest BCUT2D eigenvalue weighted by molar-refractivity contribution is -0.159. The second kappa shape index (κ2) is 13.1. The van der Waals surface area contributed by atoms with Crippen LogP contribution in [0.3, 0.4) is 0 Å². The van der Waals surface area contributed by atoms with Crippen LogP contribution in [0.2, 0.25) is 0 Å². The molecule has 1 aromatic carbocycles. The molecule has 0 saturated carbocycles. The summed E-state index contributed by atoms with van der Waals surface area (Å²) in [4.78, 5) is 48.9. The van der Waals surface area contributed by atoms with Crippen LogP contribution >= 0.6 is 0 Å². The van der Waals surface area contributed by atoms with Crippen LogP contribution in [-0.4, -0.2) is 87.1 Å². The molecule has 230 valence electrons. The van der Waals surface area contributed by atoms with Gasteiger partial charge < -0.3 is 24.5 Å². The number of hydrogen-bond donors (Lipinski definition) is 1. The molecule has 2 bridgehead atoms. The topological polar surface area (TPSA) is 90.4 Å². The van der Waals surface area contributed by atoms with Gasteiger partial charge in [0.15, 0.2) is 0 Å². The van der Waals surface area contributed by atoms with Crippen molar-refractivity contribution in [3.05, 3.63) is 61.2 Å². The number of benzene rings is 1. The second-order valence-corrected chi connectivity index (χ2v) is 12.3. The molecule has 3 amide bonds. The van der Waals surface area contributed by atoms with E-state index >= 15 is 0 Å². The molecule has 0 aromatic heterocycles. The van der Waals surface area contributed by atoms with Crippen molar-refractivity contribution in [2.24, 2.45) is 17.8 Å². The highest BCUT2D eigenvalue weighted by atomic mass is 16.5. The Labute approximate surface area is 251 Å². The third kappa shape index (κ3) is 5.21. The summed E-state index contributed by atoms with van der Waals surface area (Å²) < 4.78 is 6.99. The molecule has 1 aromatic rings. The zero-order chi connectivity index (χ0) is 30.7. The number of hydrogen-bond acceptors (Lipinski definition) is 5. The van der Waals surface area contributed by atoms with E-state index in [1.54, 1.807) is 26.9 Å². The Kier molecular flexibility index (Phi) is 9.99. The Morgan fingerprint density at radius 2 is 1.76 bits per heavy atom. The summed E-state index contributed by atoms with van der Waals surface area (Å²) in [5.41, 5.74) is -0.996. The van der Waals surface area contributed by atoms with Gasteiger partial charge in [0.25, 0.3) is 0 Å². The summed E-state index contributed by atoms with van der Waals surface area (Å²) in [6, 6.07) is 8.22. The lowest BCUT2D eigenvalue weighted by Gasteiger charge is -2.41. The molecule has 8 heteroatoms. The largest absolute Gasteiger partial charge is 0.394 e. The third-order valence-electron chi connectivity index (χ3n) is 10.00. The van der Waals surface area contributed by atoms with Gasteiger partial charge in [0.2, 0.25) is 17.7 Å². The Morgan fingerprint density at radius 1 is 1.10 bits per heavy atom. The summed E-state index contributed by atoms with van der Waals surface area (Å²) in [6.07, 6.45) is 6.59. The zero-order valence-corrected chi connectivity index (χ0v) is 25.8. The van der Waals surface area contributed by atoms with Gasteiger partial charge in [-0.3, -0.25) is 14.4 Å². The van der Waals surface area contributed by atoms with Gasteiger partial charge in [-0.25, -0.2) is 0 Å². The number of carbonyl (C=O) groups excluding carboxylic acids is 3. The van der Waals surface area contributed by atoms with E-state index in [0.29, 0.717) is 45.4 Å². The summed E-state index contributed by atoms with van der Waals surface area (Å²) in [6.45, 7) is 17.1. The fraction of sp³-hybridized carbons (Fsp3) is 0.618. The predicted molar refractivity (Wildman–Crippen MR) is 163 cm³/mol. The first-order valence-corrected chi connectivity index (χ1v) is 15.7. The average Bonchev–Trinajstić information content (AvgIpc) is 3.61. The first-order valence-electron chi connectivity index (χ1n) is 15.7. The monoisotopic (exact) mass is 579 g/mol. The predicted octanol–water partition coefficient (Wildman–Crippen LogP) is 4.19. The van der Waals surface area contributed by atoms with Crippen LogP contribution in [0.4, 0.5) is 0 Å². The fourth-order valence-corrected chi connectivity index (χ4v) is 7.76. The van der Waals surface area contributed by atoms with Gasteiger partial charge in [-0.2, -0.15) is 0 Å². The number of nitrogens with zero attached hydrogens (tertiary/aromatic N) is 3. The van der Waals surface area contributed by atoms with Gasteiger partial charge in [0, 0.05) is 26.2 Å². The number of aliphatic hydroxyl groups is 1. The van der Waals surface area contributed by atoms with E-state index in [2.05, 4.69) is 13.2 Å². The molecule has 0 radical (unpaired) electrons. The van der Waals surface area contributed by atoms with Crippen molar-refractivity contribution in [1.82, 2.24) is 14.7 Å². The number of amides is 3. The molecule has 3 fully saturated rings. The van der Waals surface area contributed by atoms with Crippen LogP contribution in [0.25, 0.3) is 0 Å². The first-order chi connectivity index (χ1) is 20.2. The van der Waals surface area contributed by atoms with Crippen LogP contribution in [0, 0.1) is 17.8 Å². The van der Waals surface area contributed by atoms with Gasteiger partial charge >= 0.3 is 0 Å². The van der Waals surface area contributed by atoms with E-state index in [1.165, 1.54) is 0 Å². The molecule has 8 nitrogen and oxygen atoms in total.